The fourth-order valence-electron chi connectivity index (χ4n) is 0.621. The lowest BCUT2D eigenvalue weighted by atomic mass is 10.2. The van der Waals surface area contributed by atoms with E-state index < -0.39 is 0 Å². The number of ether oxygens (including phenoxy) is 1. The Hall–Kier alpha value is 0.250. The number of halogens is 1. The molecule has 1 nitrogen and oxygen atoms in total. The number of hydrogen-bond acceptors (Lipinski definition) is 1. The van der Waals surface area contributed by atoms with Gasteiger partial charge in [0.1, 0.15) is 0 Å². The van der Waals surface area contributed by atoms with E-state index in [1.807, 2.05) is 0 Å². The van der Waals surface area contributed by atoms with Crippen LogP contribution in [0.4, 0.5) is 0 Å². The molecule has 0 aliphatic carbocycles. The third kappa shape index (κ3) is 1.66. The molecule has 0 amide bonds. The van der Waals surface area contributed by atoms with E-state index in [1.165, 1.54) is 6.42 Å². The molecule has 1 aliphatic rings. The second kappa shape index (κ2) is 2.53. The maximum Gasteiger partial charge on any atom is 0.184 e. The van der Waals surface area contributed by atoms with Crippen LogP contribution in [0.5, 0.6) is 0 Å². The van der Waals surface area contributed by atoms with E-state index in [0.29, 0.717) is 5.56 Å². The van der Waals surface area contributed by atoms with Gasteiger partial charge in [-0.3, -0.25) is 0 Å². The zero-order chi connectivity index (χ0) is 5.11. The Morgan fingerprint density at radius 3 is 2.57 bits per heavy atom. The highest BCUT2D eigenvalue weighted by Gasteiger charge is 2.09. The van der Waals surface area contributed by atoms with Crippen molar-refractivity contribution in [2.24, 2.45) is 0 Å². The van der Waals surface area contributed by atoms with Gasteiger partial charge in [-0.05, 0) is 19.3 Å². The second-order valence-corrected chi connectivity index (χ2v) is 2.08. The molecule has 0 unspecified atom stereocenters. The Bertz CT molecular complexity index is 50.0. The first-order valence-electron chi connectivity index (χ1n) is 2.54. The highest BCUT2D eigenvalue weighted by Crippen LogP contribution is 2.21. The van der Waals surface area contributed by atoms with Gasteiger partial charge in [-0.1, -0.05) is 11.6 Å². The molecule has 1 saturated heterocycles. The molecule has 0 atom stereocenters. The van der Waals surface area contributed by atoms with Crippen molar-refractivity contribution in [3.63, 3.8) is 0 Å². The monoisotopic (exact) mass is 119 g/mol. The van der Waals surface area contributed by atoms with Gasteiger partial charge in [-0.2, -0.15) is 0 Å². The predicted molar refractivity (Wildman–Crippen MR) is 28.9 cm³/mol. The largest absolute Gasteiger partial charge is 0.355 e. The lowest BCUT2D eigenvalue weighted by Crippen LogP contribution is -2.04. The van der Waals surface area contributed by atoms with Crippen LogP contribution in [0, 0.1) is 5.56 Å². The SMILES string of the molecule is Cl[C]1CCCCO1. The van der Waals surface area contributed by atoms with Crippen molar-refractivity contribution in [3.05, 3.63) is 5.56 Å². The van der Waals surface area contributed by atoms with Crippen LogP contribution >= 0.6 is 11.6 Å². The van der Waals surface area contributed by atoms with Crippen LogP contribution in [0.2, 0.25) is 0 Å². The number of rotatable bonds is 0. The third-order valence-electron chi connectivity index (χ3n) is 1.03. The van der Waals surface area contributed by atoms with Crippen molar-refractivity contribution in [2.75, 3.05) is 6.61 Å². The molecule has 2 heteroatoms. The van der Waals surface area contributed by atoms with Crippen LogP contribution in [0.25, 0.3) is 0 Å². The zero-order valence-electron chi connectivity index (χ0n) is 4.11. The quantitative estimate of drug-likeness (QED) is 0.473. The van der Waals surface area contributed by atoms with E-state index in [-0.39, 0.29) is 0 Å². The van der Waals surface area contributed by atoms with Crippen LogP contribution in [0.3, 0.4) is 0 Å². The molecule has 41 valence electrons. The summed E-state index contributed by atoms with van der Waals surface area (Å²) in [4.78, 5) is 0. The maximum absolute atomic E-state index is 5.51. The smallest absolute Gasteiger partial charge is 0.184 e. The van der Waals surface area contributed by atoms with Crippen molar-refractivity contribution in [3.8, 4) is 0 Å². The molecule has 7 heavy (non-hydrogen) atoms. The normalized spacial score (nSPS) is 25.3. The summed E-state index contributed by atoms with van der Waals surface area (Å²) in [6.45, 7) is 0.818. The first kappa shape index (κ1) is 5.39. The first-order valence-corrected chi connectivity index (χ1v) is 2.91. The summed E-state index contributed by atoms with van der Waals surface area (Å²) in [5.41, 5.74) is 0.686. The highest BCUT2D eigenvalue weighted by molar-refractivity contribution is 6.25. The third-order valence-corrected chi connectivity index (χ3v) is 1.32. The topological polar surface area (TPSA) is 9.23 Å². The minimum absolute atomic E-state index is 0.686. The molecule has 1 rings (SSSR count). The van der Waals surface area contributed by atoms with E-state index >= 15 is 0 Å². The summed E-state index contributed by atoms with van der Waals surface area (Å²) in [7, 11) is 0. The van der Waals surface area contributed by atoms with Crippen LogP contribution < -0.4 is 0 Å². The fraction of sp³-hybridized carbons (Fsp3) is 0.800. The van der Waals surface area contributed by atoms with Gasteiger partial charge in [0.2, 0.25) is 0 Å². The van der Waals surface area contributed by atoms with Crippen molar-refractivity contribution in [2.45, 2.75) is 19.3 Å². The molecule has 1 heterocycles. The molecule has 0 bridgehead atoms. The van der Waals surface area contributed by atoms with Crippen molar-refractivity contribution in [1.82, 2.24) is 0 Å². The molecule has 1 radical (unpaired) electrons. The Labute approximate surface area is 48.6 Å². The molecule has 0 aromatic carbocycles. The summed E-state index contributed by atoms with van der Waals surface area (Å²) in [6, 6.07) is 0. The minimum atomic E-state index is 0.686. The summed E-state index contributed by atoms with van der Waals surface area (Å²) in [6.07, 6.45) is 3.30. The van der Waals surface area contributed by atoms with E-state index in [0.717, 1.165) is 19.4 Å². The van der Waals surface area contributed by atoms with Crippen LogP contribution in [-0.4, -0.2) is 6.61 Å². The van der Waals surface area contributed by atoms with Crippen LogP contribution in [-0.2, 0) is 4.74 Å². The summed E-state index contributed by atoms with van der Waals surface area (Å²) in [5, 5.41) is 0. The maximum atomic E-state index is 5.51. The molecule has 0 N–H and O–H groups in total. The Balaban J connectivity index is 2.12. The minimum Gasteiger partial charge on any atom is -0.355 e. The number of hydrogen-bond donors (Lipinski definition) is 0. The van der Waals surface area contributed by atoms with Gasteiger partial charge in [0.25, 0.3) is 0 Å². The molecule has 0 spiro atoms. The average molecular weight is 120 g/mol. The molecule has 0 saturated carbocycles. The fourth-order valence-corrected chi connectivity index (χ4v) is 0.832. The van der Waals surface area contributed by atoms with Gasteiger partial charge < -0.3 is 4.74 Å². The van der Waals surface area contributed by atoms with Gasteiger partial charge in [-0.25, -0.2) is 0 Å². The predicted octanol–water partition coefficient (Wildman–Crippen LogP) is 1.92. The Kier molecular flexibility index (Phi) is 1.95. The standard InChI is InChI=1S/C5H8ClO/c6-5-3-1-2-4-7-5/h1-4H2. The van der Waals surface area contributed by atoms with E-state index in [9.17, 15) is 0 Å². The average Bonchev–Trinajstić information content (AvgIpc) is 1.69. The summed E-state index contributed by atoms with van der Waals surface area (Å²) < 4.78 is 4.96. The van der Waals surface area contributed by atoms with E-state index in [2.05, 4.69) is 0 Å². The zero-order valence-corrected chi connectivity index (χ0v) is 4.87. The van der Waals surface area contributed by atoms with Crippen LogP contribution in [0.1, 0.15) is 19.3 Å². The van der Waals surface area contributed by atoms with Crippen molar-refractivity contribution in [1.29, 1.82) is 0 Å². The molecular weight excluding hydrogens is 112 g/mol. The van der Waals surface area contributed by atoms with Gasteiger partial charge in [0.15, 0.2) is 5.56 Å². The van der Waals surface area contributed by atoms with Crippen molar-refractivity contribution < 1.29 is 4.74 Å². The van der Waals surface area contributed by atoms with E-state index in [1.54, 1.807) is 0 Å². The lowest BCUT2D eigenvalue weighted by Gasteiger charge is -2.13. The second-order valence-electron chi connectivity index (χ2n) is 1.66. The van der Waals surface area contributed by atoms with E-state index in [4.69, 9.17) is 16.3 Å². The molecular formula is C5H8ClO. The summed E-state index contributed by atoms with van der Waals surface area (Å²) in [5.74, 6) is 0. The first-order chi connectivity index (χ1) is 3.39. The van der Waals surface area contributed by atoms with Gasteiger partial charge in [0, 0.05) is 6.61 Å². The van der Waals surface area contributed by atoms with Gasteiger partial charge >= 0.3 is 0 Å². The lowest BCUT2D eigenvalue weighted by molar-refractivity contribution is 0.137. The Morgan fingerprint density at radius 1 is 1.43 bits per heavy atom. The van der Waals surface area contributed by atoms with Gasteiger partial charge in [-0.15, -0.1) is 0 Å². The van der Waals surface area contributed by atoms with Crippen molar-refractivity contribution >= 4 is 11.6 Å². The van der Waals surface area contributed by atoms with Gasteiger partial charge in [0.05, 0.1) is 0 Å². The molecule has 1 fully saturated rings. The molecule has 0 aromatic heterocycles. The molecule has 1 aliphatic heterocycles. The summed E-state index contributed by atoms with van der Waals surface area (Å²) >= 11 is 5.51. The Morgan fingerprint density at radius 2 is 2.29 bits per heavy atom. The highest BCUT2D eigenvalue weighted by atomic mass is 35.5. The van der Waals surface area contributed by atoms with Crippen LogP contribution in [0.15, 0.2) is 0 Å². The molecule has 0 aromatic rings.